The highest BCUT2D eigenvalue weighted by Gasteiger charge is 2.14. The molecule has 24 heavy (non-hydrogen) atoms. The van der Waals surface area contributed by atoms with Gasteiger partial charge in [-0.1, -0.05) is 6.07 Å². The molecule has 3 rings (SSSR count). The molecular formula is C16H15F2N5O. The van der Waals surface area contributed by atoms with Crippen molar-refractivity contribution in [3.8, 4) is 0 Å². The van der Waals surface area contributed by atoms with Crippen LogP contribution in [-0.2, 0) is 11.2 Å². The predicted octanol–water partition coefficient (Wildman–Crippen LogP) is 2.59. The highest BCUT2D eigenvalue weighted by atomic mass is 19.2. The number of aromatic nitrogens is 4. The zero-order valence-electron chi connectivity index (χ0n) is 13.2. The molecule has 8 heteroatoms. The van der Waals surface area contributed by atoms with E-state index in [1.807, 2.05) is 13.8 Å². The van der Waals surface area contributed by atoms with Gasteiger partial charge in [0.05, 0.1) is 5.69 Å². The number of hydrogen-bond acceptors (Lipinski definition) is 4. The lowest BCUT2D eigenvalue weighted by atomic mass is 10.1. The lowest BCUT2D eigenvalue weighted by Crippen LogP contribution is -2.15. The molecular weight excluding hydrogens is 316 g/mol. The maximum atomic E-state index is 13.6. The number of carbonyl (C=O) groups excluding carboxylic acids is 1. The standard InChI is InChI=1S/C16H15F2N5O/c1-9-11(10(2)23-16(21-9)19-8-20-23)6-7-14(24)22-13-5-3-4-12(17)15(13)18/h3-5,8H,6-7H2,1-2H3,(H,22,24). The Labute approximate surface area is 136 Å². The van der Waals surface area contributed by atoms with Crippen LogP contribution in [0.2, 0.25) is 0 Å². The van der Waals surface area contributed by atoms with Gasteiger partial charge >= 0.3 is 0 Å². The van der Waals surface area contributed by atoms with Gasteiger partial charge in [-0.15, -0.1) is 0 Å². The summed E-state index contributed by atoms with van der Waals surface area (Å²) in [6.45, 7) is 3.71. The van der Waals surface area contributed by atoms with E-state index in [0.29, 0.717) is 12.2 Å². The molecule has 1 aromatic carbocycles. The Balaban J connectivity index is 1.74. The summed E-state index contributed by atoms with van der Waals surface area (Å²) in [7, 11) is 0. The smallest absolute Gasteiger partial charge is 0.252 e. The average molecular weight is 331 g/mol. The fourth-order valence-corrected chi connectivity index (χ4v) is 2.57. The van der Waals surface area contributed by atoms with Crippen molar-refractivity contribution in [3.63, 3.8) is 0 Å². The van der Waals surface area contributed by atoms with Gasteiger partial charge < -0.3 is 5.32 Å². The van der Waals surface area contributed by atoms with E-state index in [1.54, 1.807) is 4.52 Å². The summed E-state index contributed by atoms with van der Waals surface area (Å²) in [6.07, 6.45) is 1.93. The van der Waals surface area contributed by atoms with Crippen molar-refractivity contribution < 1.29 is 13.6 Å². The van der Waals surface area contributed by atoms with Crippen LogP contribution in [0.1, 0.15) is 23.4 Å². The van der Waals surface area contributed by atoms with Crippen LogP contribution < -0.4 is 5.32 Å². The lowest BCUT2D eigenvalue weighted by molar-refractivity contribution is -0.116. The van der Waals surface area contributed by atoms with E-state index < -0.39 is 17.5 Å². The topological polar surface area (TPSA) is 72.2 Å². The van der Waals surface area contributed by atoms with Gasteiger partial charge in [-0.2, -0.15) is 10.1 Å². The molecule has 3 aromatic rings. The van der Waals surface area contributed by atoms with E-state index >= 15 is 0 Å². The summed E-state index contributed by atoms with van der Waals surface area (Å²) in [6, 6.07) is 3.65. The first-order valence-electron chi connectivity index (χ1n) is 7.37. The number of carbonyl (C=O) groups is 1. The Kier molecular flexibility index (Phi) is 4.20. The Morgan fingerprint density at radius 2 is 2.08 bits per heavy atom. The van der Waals surface area contributed by atoms with Crippen molar-refractivity contribution in [2.45, 2.75) is 26.7 Å². The Bertz CT molecular complexity index is 922. The van der Waals surface area contributed by atoms with Crippen LogP contribution in [0.3, 0.4) is 0 Å². The molecule has 0 aliphatic heterocycles. The third-order valence-electron chi connectivity index (χ3n) is 3.82. The number of nitrogens with one attached hydrogen (secondary N) is 1. The number of anilines is 1. The average Bonchev–Trinajstić information content (AvgIpc) is 3.00. The molecule has 0 aliphatic carbocycles. The minimum Gasteiger partial charge on any atom is -0.323 e. The molecule has 0 radical (unpaired) electrons. The van der Waals surface area contributed by atoms with Gasteiger partial charge in [-0.3, -0.25) is 4.79 Å². The van der Waals surface area contributed by atoms with Gasteiger partial charge in [0.1, 0.15) is 6.33 Å². The molecule has 2 heterocycles. The van der Waals surface area contributed by atoms with Crippen molar-refractivity contribution in [1.82, 2.24) is 19.6 Å². The number of rotatable bonds is 4. The monoisotopic (exact) mass is 331 g/mol. The SMILES string of the molecule is Cc1nc2ncnn2c(C)c1CCC(=O)Nc1cccc(F)c1F. The van der Waals surface area contributed by atoms with E-state index in [2.05, 4.69) is 20.4 Å². The third-order valence-corrected chi connectivity index (χ3v) is 3.82. The molecule has 124 valence electrons. The molecule has 2 aromatic heterocycles. The summed E-state index contributed by atoms with van der Waals surface area (Å²) in [5, 5.41) is 6.47. The van der Waals surface area contributed by atoms with E-state index in [1.165, 1.54) is 18.5 Å². The third kappa shape index (κ3) is 2.94. The number of halogens is 2. The highest BCUT2D eigenvalue weighted by molar-refractivity contribution is 5.91. The molecule has 0 atom stereocenters. The molecule has 0 spiro atoms. The molecule has 1 N–H and O–H groups in total. The van der Waals surface area contributed by atoms with Crippen molar-refractivity contribution >= 4 is 17.4 Å². The van der Waals surface area contributed by atoms with E-state index in [0.717, 1.165) is 23.0 Å². The van der Waals surface area contributed by atoms with Gasteiger partial charge in [0, 0.05) is 17.8 Å². The highest BCUT2D eigenvalue weighted by Crippen LogP contribution is 2.18. The van der Waals surface area contributed by atoms with Gasteiger partial charge in [0.15, 0.2) is 11.6 Å². The number of amides is 1. The first-order valence-corrected chi connectivity index (χ1v) is 7.37. The van der Waals surface area contributed by atoms with Crippen LogP contribution in [-0.4, -0.2) is 25.5 Å². The number of benzene rings is 1. The van der Waals surface area contributed by atoms with E-state index in [4.69, 9.17) is 0 Å². The number of aryl methyl sites for hydroxylation is 2. The number of hydrogen-bond donors (Lipinski definition) is 1. The first kappa shape index (κ1) is 16.0. The predicted molar refractivity (Wildman–Crippen MR) is 83.6 cm³/mol. The largest absolute Gasteiger partial charge is 0.323 e. The lowest BCUT2D eigenvalue weighted by Gasteiger charge is -2.11. The maximum Gasteiger partial charge on any atom is 0.252 e. The summed E-state index contributed by atoms with van der Waals surface area (Å²) in [5.74, 6) is -1.97. The molecule has 1 amide bonds. The summed E-state index contributed by atoms with van der Waals surface area (Å²) in [4.78, 5) is 20.4. The zero-order chi connectivity index (χ0) is 17.3. The minimum atomic E-state index is -1.07. The van der Waals surface area contributed by atoms with Crippen molar-refractivity contribution in [2.75, 3.05) is 5.32 Å². The van der Waals surface area contributed by atoms with Crippen molar-refractivity contribution in [1.29, 1.82) is 0 Å². The van der Waals surface area contributed by atoms with Gasteiger partial charge in [0.25, 0.3) is 5.78 Å². The van der Waals surface area contributed by atoms with Gasteiger partial charge in [-0.05, 0) is 38.0 Å². The van der Waals surface area contributed by atoms with Crippen LogP contribution in [0.5, 0.6) is 0 Å². The normalized spacial score (nSPS) is 11.0. The van der Waals surface area contributed by atoms with Crippen LogP contribution in [0.15, 0.2) is 24.5 Å². The summed E-state index contributed by atoms with van der Waals surface area (Å²) >= 11 is 0. The van der Waals surface area contributed by atoms with Gasteiger partial charge in [0.2, 0.25) is 5.91 Å². The van der Waals surface area contributed by atoms with Gasteiger partial charge in [-0.25, -0.2) is 18.3 Å². The first-order chi connectivity index (χ1) is 11.5. The Hall–Kier alpha value is -2.90. The van der Waals surface area contributed by atoms with E-state index in [9.17, 15) is 13.6 Å². The van der Waals surface area contributed by atoms with Crippen LogP contribution >= 0.6 is 0 Å². The molecule has 0 bridgehead atoms. The van der Waals surface area contributed by atoms with E-state index in [-0.39, 0.29) is 12.1 Å². The minimum absolute atomic E-state index is 0.111. The summed E-state index contributed by atoms with van der Waals surface area (Å²) in [5.41, 5.74) is 2.32. The zero-order valence-corrected chi connectivity index (χ0v) is 13.2. The van der Waals surface area contributed by atoms with Crippen LogP contribution in [0, 0.1) is 25.5 Å². The fourth-order valence-electron chi connectivity index (χ4n) is 2.57. The number of fused-ring (bicyclic) bond motifs is 1. The second-order valence-electron chi connectivity index (χ2n) is 5.38. The maximum absolute atomic E-state index is 13.6. The Morgan fingerprint density at radius 1 is 1.29 bits per heavy atom. The molecule has 0 saturated heterocycles. The fraction of sp³-hybridized carbons (Fsp3) is 0.250. The van der Waals surface area contributed by atoms with Crippen molar-refractivity contribution in [3.05, 3.63) is 53.1 Å². The molecule has 0 saturated carbocycles. The van der Waals surface area contributed by atoms with Crippen molar-refractivity contribution in [2.24, 2.45) is 0 Å². The molecule has 6 nitrogen and oxygen atoms in total. The van der Waals surface area contributed by atoms with Crippen LogP contribution in [0.25, 0.3) is 5.78 Å². The Morgan fingerprint density at radius 3 is 2.88 bits per heavy atom. The van der Waals surface area contributed by atoms with Crippen LogP contribution in [0.4, 0.5) is 14.5 Å². The molecule has 0 fully saturated rings. The second kappa shape index (κ2) is 6.31. The molecule has 0 unspecified atom stereocenters. The summed E-state index contributed by atoms with van der Waals surface area (Å²) < 4.78 is 28.3. The quantitative estimate of drug-likeness (QED) is 0.797. The second-order valence-corrected chi connectivity index (χ2v) is 5.38. The number of nitrogens with zero attached hydrogens (tertiary/aromatic N) is 4. The molecule has 0 aliphatic rings.